The maximum atomic E-state index is 12.8. The Kier molecular flexibility index (Phi) is 6.82. The van der Waals surface area contributed by atoms with Crippen LogP contribution in [0.4, 0.5) is 10.5 Å². The van der Waals surface area contributed by atoms with Gasteiger partial charge in [0.25, 0.3) is 5.69 Å². The van der Waals surface area contributed by atoms with E-state index in [0.717, 1.165) is 25.9 Å². The molecule has 2 N–H and O–H groups in total. The summed E-state index contributed by atoms with van der Waals surface area (Å²) in [5.74, 6) is -0.506. The van der Waals surface area contributed by atoms with Crippen LogP contribution in [0.3, 0.4) is 0 Å². The lowest BCUT2D eigenvalue weighted by molar-refractivity contribution is -0.384. The zero-order valence-corrected chi connectivity index (χ0v) is 16.5. The van der Waals surface area contributed by atoms with Gasteiger partial charge in [0, 0.05) is 24.4 Å². The average molecular weight is 402 g/mol. The van der Waals surface area contributed by atoms with Crippen molar-refractivity contribution in [2.45, 2.75) is 38.6 Å². The smallest absolute Gasteiger partial charge is 0.338 e. The van der Waals surface area contributed by atoms with Gasteiger partial charge in [0.1, 0.15) is 0 Å². The molecule has 0 aromatic heterocycles. The fourth-order valence-electron chi connectivity index (χ4n) is 3.75. The average Bonchev–Trinajstić information content (AvgIpc) is 2.96. The Morgan fingerprint density at radius 2 is 1.86 bits per heavy atom. The lowest BCUT2D eigenvalue weighted by atomic mass is 9.94. The Morgan fingerprint density at radius 1 is 1.21 bits per heavy atom. The number of amides is 2. The summed E-state index contributed by atoms with van der Waals surface area (Å²) in [6.07, 6.45) is 4.53. The molecule has 2 heterocycles. The van der Waals surface area contributed by atoms with E-state index in [4.69, 9.17) is 4.74 Å². The van der Waals surface area contributed by atoms with Gasteiger partial charge in [-0.15, -0.1) is 0 Å². The number of hydrogen-bond donors (Lipinski definition) is 2. The minimum absolute atomic E-state index is 0.0551. The Hall–Kier alpha value is -2.94. The highest BCUT2D eigenvalue weighted by Gasteiger charge is 2.34. The van der Waals surface area contributed by atoms with Crippen LogP contribution < -0.4 is 10.6 Å². The number of esters is 1. The summed E-state index contributed by atoms with van der Waals surface area (Å²) in [6, 6.07) is 4.69. The third-order valence-corrected chi connectivity index (χ3v) is 5.17. The van der Waals surface area contributed by atoms with Crippen molar-refractivity contribution in [1.82, 2.24) is 15.5 Å². The maximum Gasteiger partial charge on any atom is 0.338 e. The van der Waals surface area contributed by atoms with Crippen LogP contribution in [-0.4, -0.2) is 48.1 Å². The number of non-ortho nitro benzene ring substituents is 1. The summed E-state index contributed by atoms with van der Waals surface area (Å²) in [6.45, 7) is 4.20. The van der Waals surface area contributed by atoms with Crippen LogP contribution in [0.1, 0.15) is 44.2 Å². The highest BCUT2D eigenvalue weighted by atomic mass is 16.6. The van der Waals surface area contributed by atoms with E-state index < -0.39 is 23.0 Å². The summed E-state index contributed by atoms with van der Waals surface area (Å²) in [5, 5.41) is 16.5. The second-order valence-corrected chi connectivity index (χ2v) is 7.18. The molecule has 9 heteroatoms. The summed E-state index contributed by atoms with van der Waals surface area (Å²) in [7, 11) is 0. The molecule has 0 aliphatic carbocycles. The van der Waals surface area contributed by atoms with Gasteiger partial charge in [-0.2, -0.15) is 0 Å². The van der Waals surface area contributed by atoms with E-state index in [-0.39, 0.29) is 12.3 Å². The highest BCUT2D eigenvalue weighted by Crippen LogP contribution is 2.29. The van der Waals surface area contributed by atoms with E-state index in [2.05, 4.69) is 15.5 Å². The molecule has 1 fully saturated rings. The number of nitro groups is 1. The number of nitro benzene ring substituents is 1. The Bertz CT molecular complexity index is 798. The fraction of sp³-hybridized carbons (Fsp3) is 0.500. The van der Waals surface area contributed by atoms with Crippen molar-refractivity contribution in [3.8, 4) is 0 Å². The predicted octanol–water partition coefficient (Wildman–Crippen LogP) is 2.64. The van der Waals surface area contributed by atoms with Crippen LogP contribution in [0.5, 0.6) is 0 Å². The zero-order chi connectivity index (χ0) is 20.8. The lowest BCUT2D eigenvalue weighted by Crippen LogP contribution is -2.48. The van der Waals surface area contributed by atoms with Gasteiger partial charge in [-0.25, -0.2) is 9.59 Å². The van der Waals surface area contributed by atoms with E-state index in [0.29, 0.717) is 23.4 Å². The minimum Gasteiger partial charge on any atom is -0.463 e. The first kappa shape index (κ1) is 20.8. The van der Waals surface area contributed by atoms with Crippen LogP contribution >= 0.6 is 0 Å². The first-order valence-electron chi connectivity index (χ1n) is 9.94. The topological polar surface area (TPSA) is 114 Å². The molecule has 0 saturated carbocycles. The molecule has 0 bridgehead atoms. The number of likely N-dealkylation sites (tertiary alicyclic amines) is 1. The molecular formula is C20H26N4O5. The summed E-state index contributed by atoms with van der Waals surface area (Å²) >= 11 is 0. The first-order chi connectivity index (χ1) is 14.0. The molecule has 2 amide bonds. The van der Waals surface area contributed by atoms with Gasteiger partial charge in [0.2, 0.25) is 0 Å². The Labute approximate surface area is 169 Å². The van der Waals surface area contributed by atoms with E-state index in [1.54, 1.807) is 19.1 Å². The number of nitrogens with one attached hydrogen (secondary N) is 2. The molecule has 1 aromatic rings. The van der Waals surface area contributed by atoms with Crippen LogP contribution in [-0.2, 0) is 9.53 Å². The van der Waals surface area contributed by atoms with Gasteiger partial charge >= 0.3 is 12.0 Å². The molecule has 0 unspecified atom stereocenters. The number of carbonyl (C=O) groups is 2. The number of urea groups is 1. The number of nitrogens with zero attached hydrogens (tertiary/aromatic N) is 2. The molecule has 1 aromatic carbocycles. The van der Waals surface area contributed by atoms with Crippen molar-refractivity contribution in [2.24, 2.45) is 0 Å². The highest BCUT2D eigenvalue weighted by molar-refractivity contribution is 5.95. The van der Waals surface area contributed by atoms with E-state index >= 15 is 0 Å². The molecular weight excluding hydrogens is 376 g/mol. The SMILES string of the molecule is CCOC(=O)C1=C(CN2CCCCCC2)NC(=O)N[C@@H]1c1ccc([N+](=O)[O-])cc1. The van der Waals surface area contributed by atoms with Crippen molar-refractivity contribution >= 4 is 17.7 Å². The van der Waals surface area contributed by atoms with Gasteiger partial charge in [-0.3, -0.25) is 15.0 Å². The van der Waals surface area contributed by atoms with Gasteiger partial charge in [-0.05, 0) is 50.6 Å². The van der Waals surface area contributed by atoms with Gasteiger partial charge < -0.3 is 15.4 Å². The van der Waals surface area contributed by atoms with E-state index in [9.17, 15) is 19.7 Å². The van der Waals surface area contributed by atoms with Crippen molar-refractivity contribution in [3.63, 3.8) is 0 Å². The van der Waals surface area contributed by atoms with Crippen molar-refractivity contribution in [1.29, 1.82) is 0 Å². The van der Waals surface area contributed by atoms with Crippen LogP contribution in [0.15, 0.2) is 35.5 Å². The first-order valence-corrected chi connectivity index (χ1v) is 9.94. The normalized spacial score (nSPS) is 20.4. The van der Waals surface area contributed by atoms with Gasteiger partial charge in [0.05, 0.1) is 23.1 Å². The van der Waals surface area contributed by atoms with Gasteiger partial charge in [-0.1, -0.05) is 12.8 Å². The van der Waals surface area contributed by atoms with Gasteiger partial charge in [0.15, 0.2) is 0 Å². The minimum atomic E-state index is -0.731. The van der Waals surface area contributed by atoms with Crippen molar-refractivity contribution in [2.75, 3.05) is 26.2 Å². The van der Waals surface area contributed by atoms with Crippen molar-refractivity contribution in [3.05, 3.63) is 51.2 Å². The molecule has 2 aliphatic heterocycles. The van der Waals surface area contributed by atoms with Crippen molar-refractivity contribution < 1.29 is 19.2 Å². The predicted molar refractivity (Wildman–Crippen MR) is 106 cm³/mol. The van der Waals surface area contributed by atoms with E-state index in [1.807, 2.05) is 0 Å². The third kappa shape index (κ3) is 5.11. The number of hydrogen-bond acceptors (Lipinski definition) is 6. The molecule has 3 rings (SSSR count). The lowest BCUT2D eigenvalue weighted by Gasteiger charge is -2.31. The molecule has 0 radical (unpaired) electrons. The molecule has 1 saturated heterocycles. The third-order valence-electron chi connectivity index (χ3n) is 5.17. The number of ether oxygens (including phenoxy) is 1. The fourth-order valence-corrected chi connectivity index (χ4v) is 3.75. The Balaban J connectivity index is 1.96. The monoisotopic (exact) mass is 402 g/mol. The maximum absolute atomic E-state index is 12.8. The quantitative estimate of drug-likeness (QED) is 0.430. The van der Waals surface area contributed by atoms with Crippen LogP contribution in [0.25, 0.3) is 0 Å². The summed E-state index contributed by atoms with van der Waals surface area (Å²) in [5.41, 5.74) is 1.39. The van der Waals surface area contributed by atoms with Crippen LogP contribution in [0.2, 0.25) is 0 Å². The largest absolute Gasteiger partial charge is 0.463 e. The second kappa shape index (κ2) is 9.51. The molecule has 9 nitrogen and oxygen atoms in total. The number of carbonyl (C=O) groups excluding carboxylic acids is 2. The molecule has 29 heavy (non-hydrogen) atoms. The Morgan fingerprint density at radius 3 is 2.45 bits per heavy atom. The molecule has 1 atom stereocenters. The number of benzene rings is 1. The number of rotatable bonds is 6. The summed E-state index contributed by atoms with van der Waals surface area (Å²) < 4.78 is 5.26. The zero-order valence-electron chi connectivity index (χ0n) is 16.5. The standard InChI is InChI=1S/C20H26N4O5/c1-2-29-19(25)17-16(13-23-11-5-3-4-6-12-23)21-20(26)22-18(17)14-7-9-15(10-8-14)24(27)28/h7-10,18H,2-6,11-13H2,1H3,(H2,21,22,26)/t18-/m1/s1. The molecule has 156 valence electrons. The molecule has 0 spiro atoms. The summed E-state index contributed by atoms with van der Waals surface area (Å²) in [4.78, 5) is 37.8. The van der Waals surface area contributed by atoms with E-state index in [1.165, 1.54) is 25.0 Å². The molecule has 2 aliphatic rings. The van der Waals surface area contributed by atoms with Crippen LogP contribution in [0, 0.1) is 10.1 Å². The second-order valence-electron chi connectivity index (χ2n) is 7.18.